The molecule has 3 heteroatoms. The lowest BCUT2D eigenvalue weighted by molar-refractivity contribution is -0.00342. The standard InChI is InChI=1S/C15H22ClNO/c1-2-4-15-10-14(7-8-18-15)17-11-12-5-3-6-13(16)9-12/h3,5-6,9,14-15,17H,2,4,7-8,10-11H2,1H3. The maximum absolute atomic E-state index is 5.98. The summed E-state index contributed by atoms with van der Waals surface area (Å²) in [6, 6.07) is 8.63. The van der Waals surface area contributed by atoms with Crippen LogP contribution in [0.2, 0.25) is 5.02 Å². The second kappa shape index (κ2) is 7.13. The quantitative estimate of drug-likeness (QED) is 0.877. The normalized spacial score (nSPS) is 24.1. The number of hydrogen-bond donors (Lipinski definition) is 1. The van der Waals surface area contributed by atoms with Crippen molar-refractivity contribution in [3.63, 3.8) is 0 Å². The molecule has 0 amide bonds. The van der Waals surface area contributed by atoms with Gasteiger partial charge in [-0.3, -0.25) is 0 Å². The van der Waals surface area contributed by atoms with E-state index < -0.39 is 0 Å². The minimum absolute atomic E-state index is 0.445. The van der Waals surface area contributed by atoms with Crippen LogP contribution in [0.5, 0.6) is 0 Å². The number of ether oxygens (including phenoxy) is 1. The third kappa shape index (κ3) is 4.27. The van der Waals surface area contributed by atoms with Crippen LogP contribution in [-0.4, -0.2) is 18.8 Å². The lowest BCUT2D eigenvalue weighted by atomic mass is 10.00. The summed E-state index contributed by atoms with van der Waals surface area (Å²) in [5.74, 6) is 0. The van der Waals surface area contributed by atoms with Crippen LogP contribution in [-0.2, 0) is 11.3 Å². The fourth-order valence-electron chi connectivity index (χ4n) is 2.50. The second-order valence-electron chi connectivity index (χ2n) is 5.01. The monoisotopic (exact) mass is 267 g/mol. The molecule has 0 saturated carbocycles. The van der Waals surface area contributed by atoms with Crippen molar-refractivity contribution >= 4 is 11.6 Å². The fraction of sp³-hybridized carbons (Fsp3) is 0.600. The molecule has 1 saturated heterocycles. The Balaban J connectivity index is 1.79. The van der Waals surface area contributed by atoms with Crippen molar-refractivity contribution in [2.24, 2.45) is 0 Å². The van der Waals surface area contributed by atoms with E-state index in [1.54, 1.807) is 0 Å². The molecule has 100 valence electrons. The molecule has 0 bridgehead atoms. The van der Waals surface area contributed by atoms with Crippen LogP contribution in [0.15, 0.2) is 24.3 Å². The summed E-state index contributed by atoms with van der Waals surface area (Å²) in [5.41, 5.74) is 1.25. The molecule has 0 radical (unpaired) electrons. The topological polar surface area (TPSA) is 21.3 Å². The molecule has 1 aliphatic heterocycles. The lowest BCUT2D eigenvalue weighted by Crippen LogP contribution is -2.38. The highest BCUT2D eigenvalue weighted by molar-refractivity contribution is 6.30. The predicted molar refractivity (Wildman–Crippen MR) is 76.0 cm³/mol. The van der Waals surface area contributed by atoms with E-state index in [2.05, 4.69) is 18.3 Å². The van der Waals surface area contributed by atoms with E-state index in [1.165, 1.54) is 18.4 Å². The van der Waals surface area contributed by atoms with E-state index in [1.807, 2.05) is 18.2 Å². The van der Waals surface area contributed by atoms with Gasteiger partial charge in [0.25, 0.3) is 0 Å². The molecule has 0 spiro atoms. The molecular formula is C15H22ClNO. The zero-order chi connectivity index (χ0) is 12.8. The maximum Gasteiger partial charge on any atom is 0.0589 e. The Kier molecular flexibility index (Phi) is 5.48. The van der Waals surface area contributed by atoms with Crippen LogP contribution in [0.3, 0.4) is 0 Å². The molecule has 1 aromatic rings. The zero-order valence-electron chi connectivity index (χ0n) is 11.0. The molecule has 2 atom stereocenters. The van der Waals surface area contributed by atoms with Crippen molar-refractivity contribution in [2.75, 3.05) is 6.61 Å². The van der Waals surface area contributed by atoms with Crippen LogP contribution in [0.4, 0.5) is 0 Å². The average molecular weight is 268 g/mol. The van der Waals surface area contributed by atoms with E-state index in [-0.39, 0.29) is 0 Å². The minimum atomic E-state index is 0.445. The van der Waals surface area contributed by atoms with Gasteiger partial charge in [0.05, 0.1) is 6.10 Å². The molecule has 1 aromatic carbocycles. The molecule has 1 fully saturated rings. The van der Waals surface area contributed by atoms with Crippen LogP contribution in [0.25, 0.3) is 0 Å². The molecule has 18 heavy (non-hydrogen) atoms. The SMILES string of the molecule is CCCC1CC(NCc2cccc(Cl)c2)CCO1. The Morgan fingerprint density at radius 2 is 2.33 bits per heavy atom. The zero-order valence-corrected chi connectivity index (χ0v) is 11.7. The number of hydrogen-bond acceptors (Lipinski definition) is 2. The summed E-state index contributed by atoms with van der Waals surface area (Å²) in [5, 5.41) is 4.43. The van der Waals surface area contributed by atoms with Crippen molar-refractivity contribution in [1.82, 2.24) is 5.32 Å². The van der Waals surface area contributed by atoms with Crippen molar-refractivity contribution < 1.29 is 4.74 Å². The van der Waals surface area contributed by atoms with Crippen LogP contribution < -0.4 is 5.32 Å². The van der Waals surface area contributed by atoms with Crippen molar-refractivity contribution in [3.05, 3.63) is 34.9 Å². The first-order valence-electron chi connectivity index (χ1n) is 6.87. The van der Waals surface area contributed by atoms with E-state index in [4.69, 9.17) is 16.3 Å². The van der Waals surface area contributed by atoms with Gasteiger partial charge in [-0.1, -0.05) is 37.1 Å². The Bertz CT molecular complexity index is 367. The van der Waals surface area contributed by atoms with Gasteiger partial charge in [-0.2, -0.15) is 0 Å². The molecule has 2 unspecified atom stereocenters. The van der Waals surface area contributed by atoms with Crippen molar-refractivity contribution in [2.45, 2.75) is 51.3 Å². The second-order valence-corrected chi connectivity index (χ2v) is 5.45. The average Bonchev–Trinajstić information content (AvgIpc) is 2.37. The van der Waals surface area contributed by atoms with Gasteiger partial charge < -0.3 is 10.1 Å². The number of rotatable bonds is 5. The Hall–Kier alpha value is -0.570. The summed E-state index contributed by atoms with van der Waals surface area (Å²) in [4.78, 5) is 0. The molecule has 0 aromatic heterocycles. The first-order valence-corrected chi connectivity index (χ1v) is 7.25. The Morgan fingerprint density at radius 1 is 1.44 bits per heavy atom. The van der Waals surface area contributed by atoms with Gasteiger partial charge in [0, 0.05) is 24.2 Å². The third-order valence-corrected chi connectivity index (χ3v) is 3.70. The van der Waals surface area contributed by atoms with E-state index >= 15 is 0 Å². The summed E-state index contributed by atoms with van der Waals surface area (Å²) in [6.45, 7) is 3.99. The minimum Gasteiger partial charge on any atom is -0.378 e. The van der Waals surface area contributed by atoms with Crippen molar-refractivity contribution in [1.29, 1.82) is 0 Å². The van der Waals surface area contributed by atoms with Gasteiger partial charge in [-0.25, -0.2) is 0 Å². The van der Waals surface area contributed by atoms with Gasteiger partial charge in [-0.05, 0) is 37.0 Å². The largest absolute Gasteiger partial charge is 0.378 e. The first-order chi connectivity index (χ1) is 8.78. The summed E-state index contributed by atoms with van der Waals surface area (Å²) in [6.07, 6.45) is 5.07. The first kappa shape index (κ1) is 13.9. The lowest BCUT2D eigenvalue weighted by Gasteiger charge is -2.30. The fourth-order valence-corrected chi connectivity index (χ4v) is 2.71. The van der Waals surface area contributed by atoms with E-state index in [0.29, 0.717) is 12.1 Å². The number of benzene rings is 1. The van der Waals surface area contributed by atoms with E-state index in [9.17, 15) is 0 Å². The molecule has 1 aliphatic rings. The maximum atomic E-state index is 5.98. The molecule has 2 nitrogen and oxygen atoms in total. The van der Waals surface area contributed by atoms with Gasteiger partial charge in [0.15, 0.2) is 0 Å². The summed E-state index contributed by atoms with van der Waals surface area (Å²) < 4.78 is 5.76. The summed E-state index contributed by atoms with van der Waals surface area (Å²) >= 11 is 5.98. The van der Waals surface area contributed by atoms with Crippen LogP contribution >= 0.6 is 11.6 Å². The third-order valence-electron chi connectivity index (χ3n) is 3.46. The van der Waals surface area contributed by atoms with Gasteiger partial charge >= 0.3 is 0 Å². The van der Waals surface area contributed by atoms with Gasteiger partial charge in [-0.15, -0.1) is 0 Å². The Morgan fingerprint density at radius 3 is 3.11 bits per heavy atom. The van der Waals surface area contributed by atoms with Crippen LogP contribution in [0.1, 0.15) is 38.2 Å². The highest BCUT2D eigenvalue weighted by Crippen LogP contribution is 2.18. The van der Waals surface area contributed by atoms with Gasteiger partial charge in [0.2, 0.25) is 0 Å². The smallest absolute Gasteiger partial charge is 0.0589 e. The highest BCUT2D eigenvalue weighted by atomic mass is 35.5. The molecule has 1 heterocycles. The van der Waals surface area contributed by atoms with E-state index in [0.717, 1.165) is 31.0 Å². The Labute approximate surface area is 115 Å². The molecular weight excluding hydrogens is 246 g/mol. The molecule has 2 rings (SSSR count). The highest BCUT2D eigenvalue weighted by Gasteiger charge is 2.21. The van der Waals surface area contributed by atoms with Crippen molar-refractivity contribution in [3.8, 4) is 0 Å². The van der Waals surface area contributed by atoms with Gasteiger partial charge in [0.1, 0.15) is 0 Å². The number of nitrogens with one attached hydrogen (secondary N) is 1. The predicted octanol–water partition coefficient (Wildman–Crippen LogP) is 3.78. The van der Waals surface area contributed by atoms with Crippen LogP contribution in [0, 0.1) is 0 Å². The summed E-state index contributed by atoms with van der Waals surface area (Å²) in [7, 11) is 0. The number of halogens is 1. The molecule has 0 aliphatic carbocycles. The molecule has 1 N–H and O–H groups in total.